The quantitative estimate of drug-likeness (QED) is 0.796. The number of nitrogens with one attached hydrogen (secondary N) is 1. The predicted octanol–water partition coefficient (Wildman–Crippen LogP) is 3.59. The van der Waals surface area contributed by atoms with Crippen molar-refractivity contribution in [2.45, 2.75) is 13.8 Å². The summed E-state index contributed by atoms with van der Waals surface area (Å²) in [6, 6.07) is 13.1. The molecule has 2 rings (SSSR count). The molecule has 2 aromatic carbocycles. The topological polar surface area (TPSA) is 50.8 Å². The first-order valence-corrected chi connectivity index (χ1v) is 8.42. The van der Waals surface area contributed by atoms with Gasteiger partial charge in [-0.15, -0.1) is 0 Å². The minimum atomic E-state index is -0.243. The maximum atomic E-state index is 12.8. The third kappa shape index (κ3) is 5.50. The van der Waals surface area contributed by atoms with Gasteiger partial charge in [0.05, 0.1) is 6.61 Å². The number of amides is 1. The van der Waals surface area contributed by atoms with E-state index >= 15 is 0 Å². The maximum absolute atomic E-state index is 12.8. The smallest absolute Gasteiger partial charge is 0.263 e. The Kier molecular flexibility index (Phi) is 6.83. The van der Waals surface area contributed by atoms with Gasteiger partial charge in [0, 0.05) is 12.2 Å². The van der Waals surface area contributed by atoms with Crippen molar-refractivity contribution in [1.82, 2.24) is 4.90 Å². The fraction of sp³-hybridized carbons (Fsp3) is 0.350. The van der Waals surface area contributed by atoms with E-state index in [9.17, 15) is 4.79 Å². The molecule has 0 aromatic heterocycles. The lowest BCUT2D eigenvalue weighted by molar-refractivity contribution is 0.101. The molecule has 0 bridgehead atoms. The lowest BCUT2D eigenvalue weighted by Crippen LogP contribution is -2.21. The number of likely N-dealkylation sites (N-methyl/N-ethyl adjacent to an activating group) is 1. The average Bonchev–Trinajstić information content (AvgIpc) is 2.57. The minimum Gasteiger partial charge on any atom is -0.493 e. The number of nitrogens with zero attached hydrogens (tertiary/aromatic N) is 1. The number of hydrogen-bond donors (Lipinski definition) is 1. The summed E-state index contributed by atoms with van der Waals surface area (Å²) in [5.74, 6) is 0.805. The van der Waals surface area contributed by atoms with Crippen molar-refractivity contribution < 1.29 is 14.3 Å². The van der Waals surface area contributed by atoms with E-state index < -0.39 is 0 Å². The van der Waals surface area contributed by atoms with E-state index in [4.69, 9.17) is 9.47 Å². The second-order valence-corrected chi connectivity index (χ2v) is 6.03. The molecule has 5 nitrogen and oxygen atoms in total. The Bertz CT molecular complexity index is 697. The van der Waals surface area contributed by atoms with E-state index in [-0.39, 0.29) is 5.91 Å². The largest absolute Gasteiger partial charge is 0.493 e. The minimum absolute atomic E-state index is 0.243. The molecule has 0 aliphatic heterocycles. The van der Waals surface area contributed by atoms with Gasteiger partial charge in [-0.3, -0.25) is 4.79 Å². The number of carbonyl (C=O) groups is 1. The van der Waals surface area contributed by atoms with Crippen LogP contribution in [0.3, 0.4) is 0 Å². The van der Waals surface area contributed by atoms with Crippen LogP contribution in [0, 0.1) is 6.92 Å². The number of rotatable bonds is 8. The summed E-state index contributed by atoms with van der Waals surface area (Å²) in [6.45, 7) is 5.63. The van der Waals surface area contributed by atoms with Gasteiger partial charge in [-0.1, -0.05) is 23.8 Å². The van der Waals surface area contributed by atoms with Gasteiger partial charge in [-0.05, 0) is 52.2 Å². The Morgan fingerprint density at radius 3 is 2.28 bits per heavy atom. The zero-order valence-corrected chi connectivity index (χ0v) is 15.3. The van der Waals surface area contributed by atoms with Gasteiger partial charge in [0.2, 0.25) is 0 Å². The molecule has 5 heteroatoms. The predicted molar refractivity (Wildman–Crippen MR) is 101 cm³/mol. The molecule has 2 aromatic rings. The molecule has 0 saturated carbocycles. The van der Waals surface area contributed by atoms with Gasteiger partial charge in [-0.2, -0.15) is 0 Å². The van der Waals surface area contributed by atoms with Crippen molar-refractivity contribution >= 4 is 11.6 Å². The van der Waals surface area contributed by atoms with Crippen LogP contribution in [0.2, 0.25) is 0 Å². The van der Waals surface area contributed by atoms with Crippen molar-refractivity contribution in [2.75, 3.05) is 39.2 Å². The maximum Gasteiger partial charge on any atom is 0.263 e. The molecular weight excluding hydrogens is 316 g/mol. The van der Waals surface area contributed by atoms with Gasteiger partial charge < -0.3 is 19.7 Å². The molecule has 0 unspecified atom stereocenters. The van der Waals surface area contributed by atoms with E-state index in [1.807, 2.05) is 63.2 Å². The summed E-state index contributed by atoms with van der Waals surface area (Å²) in [4.78, 5) is 14.9. The Hall–Kier alpha value is -2.53. The zero-order valence-electron chi connectivity index (χ0n) is 15.3. The Balaban J connectivity index is 2.24. The SMILES string of the molecule is CCOc1cccc(OCCN(C)C)c1C(=O)Nc1ccc(C)cc1. The summed E-state index contributed by atoms with van der Waals surface area (Å²) >= 11 is 0. The van der Waals surface area contributed by atoms with E-state index in [1.54, 1.807) is 12.1 Å². The number of carbonyl (C=O) groups excluding carboxylic acids is 1. The molecule has 0 aliphatic carbocycles. The highest BCUT2D eigenvalue weighted by molar-refractivity contribution is 6.08. The lowest BCUT2D eigenvalue weighted by atomic mass is 10.1. The average molecular weight is 342 g/mol. The first kappa shape index (κ1) is 18.8. The van der Waals surface area contributed by atoms with Crippen molar-refractivity contribution in [2.24, 2.45) is 0 Å². The second-order valence-electron chi connectivity index (χ2n) is 6.03. The van der Waals surface area contributed by atoms with Gasteiger partial charge in [0.15, 0.2) is 0 Å². The van der Waals surface area contributed by atoms with Crippen molar-refractivity contribution in [3.05, 3.63) is 53.6 Å². The number of aryl methyl sites for hydroxylation is 1. The van der Waals surface area contributed by atoms with Crippen LogP contribution in [0.4, 0.5) is 5.69 Å². The highest BCUT2D eigenvalue weighted by atomic mass is 16.5. The molecule has 0 heterocycles. The molecule has 25 heavy (non-hydrogen) atoms. The van der Waals surface area contributed by atoms with Gasteiger partial charge in [-0.25, -0.2) is 0 Å². The highest BCUT2D eigenvalue weighted by Crippen LogP contribution is 2.29. The van der Waals surface area contributed by atoms with E-state index in [0.717, 1.165) is 17.8 Å². The van der Waals surface area contributed by atoms with Crippen LogP contribution in [0.5, 0.6) is 11.5 Å². The second kappa shape index (κ2) is 9.08. The molecule has 0 spiro atoms. The summed E-state index contributed by atoms with van der Waals surface area (Å²) in [5.41, 5.74) is 2.30. The van der Waals surface area contributed by atoms with Gasteiger partial charge in [0.1, 0.15) is 23.7 Å². The standard InChI is InChI=1S/C20H26N2O3/c1-5-24-17-7-6-8-18(25-14-13-22(3)4)19(17)20(23)21-16-11-9-15(2)10-12-16/h6-12H,5,13-14H2,1-4H3,(H,21,23). The summed E-state index contributed by atoms with van der Waals surface area (Å²) in [6.07, 6.45) is 0. The Labute approximate surface area is 149 Å². The molecule has 1 N–H and O–H groups in total. The van der Waals surface area contributed by atoms with Crippen LogP contribution < -0.4 is 14.8 Å². The van der Waals surface area contributed by atoms with Gasteiger partial charge >= 0.3 is 0 Å². The summed E-state index contributed by atoms with van der Waals surface area (Å²) in [7, 11) is 3.95. The molecule has 1 amide bonds. The van der Waals surface area contributed by atoms with Crippen molar-refractivity contribution in [1.29, 1.82) is 0 Å². The fourth-order valence-corrected chi connectivity index (χ4v) is 2.30. The number of benzene rings is 2. The number of anilines is 1. The molecule has 0 aliphatic rings. The van der Waals surface area contributed by atoms with Crippen LogP contribution in [0.15, 0.2) is 42.5 Å². The lowest BCUT2D eigenvalue weighted by Gasteiger charge is -2.17. The monoisotopic (exact) mass is 342 g/mol. The van der Waals surface area contributed by atoms with Crippen LogP contribution in [-0.2, 0) is 0 Å². The third-order valence-electron chi connectivity index (χ3n) is 3.62. The molecule has 0 atom stereocenters. The highest BCUT2D eigenvalue weighted by Gasteiger charge is 2.19. The molecule has 0 radical (unpaired) electrons. The molecular formula is C20H26N2O3. The fourth-order valence-electron chi connectivity index (χ4n) is 2.30. The van der Waals surface area contributed by atoms with Crippen LogP contribution >= 0.6 is 0 Å². The van der Waals surface area contributed by atoms with Crippen LogP contribution in [0.1, 0.15) is 22.8 Å². The van der Waals surface area contributed by atoms with Gasteiger partial charge in [0.25, 0.3) is 5.91 Å². The van der Waals surface area contributed by atoms with Crippen molar-refractivity contribution in [3.63, 3.8) is 0 Å². The van der Waals surface area contributed by atoms with E-state index in [0.29, 0.717) is 30.3 Å². The molecule has 0 saturated heterocycles. The molecule has 134 valence electrons. The van der Waals surface area contributed by atoms with Crippen LogP contribution in [0.25, 0.3) is 0 Å². The van der Waals surface area contributed by atoms with Crippen LogP contribution in [-0.4, -0.2) is 44.7 Å². The zero-order chi connectivity index (χ0) is 18.2. The number of ether oxygens (including phenoxy) is 2. The first-order chi connectivity index (χ1) is 12.0. The Morgan fingerprint density at radius 1 is 1.04 bits per heavy atom. The number of hydrogen-bond acceptors (Lipinski definition) is 4. The van der Waals surface area contributed by atoms with E-state index in [2.05, 4.69) is 5.32 Å². The first-order valence-electron chi connectivity index (χ1n) is 8.42. The third-order valence-corrected chi connectivity index (χ3v) is 3.62. The molecule has 0 fully saturated rings. The van der Waals surface area contributed by atoms with Crippen molar-refractivity contribution in [3.8, 4) is 11.5 Å². The summed E-state index contributed by atoms with van der Waals surface area (Å²) in [5, 5.41) is 2.91. The normalized spacial score (nSPS) is 10.6. The Morgan fingerprint density at radius 2 is 1.68 bits per heavy atom. The van der Waals surface area contributed by atoms with E-state index in [1.165, 1.54) is 0 Å². The summed E-state index contributed by atoms with van der Waals surface area (Å²) < 4.78 is 11.5.